The lowest BCUT2D eigenvalue weighted by Gasteiger charge is -2.23. The van der Waals surface area contributed by atoms with Crippen LogP contribution in [0.4, 0.5) is 5.82 Å². The summed E-state index contributed by atoms with van der Waals surface area (Å²) < 4.78 is 23.0. The van der Waals surface area contributed by atoms with Crippen molar-refractivity contribution in [1.29, 1.82) is 0 Å². The normalized spacial score (nSPS) is 20.0. The van der Waals surface area contributed by atoms with Crippen LogP contribution in [0, 0.1) is 0 Å². The summed E-state index contributed by atoms with van der Waals surface area (Å²) in [5, 5.41) is 2.98. The van der Waals surface area contributed by atoms with Gasteiger partial charge in [0.15, 0.2) is 9.84 Å². The fraction of sp³-hybridized carbons (Fsp3) is 0.462. The standard InChI is InChI=1S/C13H18N4O3S/c1-3-5-14-12-7-11(15-9-16-12)13(18)17(2)10-4-6-21(19,20)8-10/h3,7,9-10H,1,4-6,8H2,2H3,(H,14,15,16). The van der Waals surface area contributed by atoms with Crippen molar-refractivity contribution < 1.29 is 13.2 Å². The first kappa shape index (κ1) is 15.4. The highest BCUT2D eigenvalue weighted by atomic mass is 32.2. The molecule has 8 heteroatoms. The molecule has 0 aliphatic carbocycles. The van der Waals surface area contributed by atoms with Crippen molar-refractivity contribution in [3.8, 4) is 0 Å². The Balaban J connectivity index is 2.10. The van der Waals surface area contributed by atoms with Crippen molar-refractivity contribution >= 4 is 21.6 Å². The molecule has 1 aliphatic rings. The minimum Gasteiger partial charge on any atom is -0.366 e. The number of carbonyl (C=O) groups is 1. The van der Waals surface area contributed by atoms with E-state index in [4.69, 9.17) is 0 Å². The van der Waals surface area contributed by atoms with Gasteiger partial charge in [-0.2, -0.15) is 0 Å². The van der Waals surface area contributed by atoms with Crippen LogP contribution >= 0.6 is 0 Å². The molecule has 114 valence electrons. The van der Waals surface area contributed by atoms with E-state index < -0.39 is 9.84 Å². The van der Waals surface area contributed by atoms with Gasteiger partial charge in [-0.15, -0.1) is 6.58 Å². The van der Waals surface area contributed by atoms with Gasteiger partial charge in [0.05, 0.1) is 11.5 Å². The molecule has 2 rings (SSSR count). The fourth-order valence-corrected chi connectivity index (χ4v) is 3.95. The zero-order valence-corrected chi connectivity index (χ0v) is 12.6. The molecular weight excluding hydrogens is 292 g/mol. The van der Waals surface area contributed by atoms with Crippen LogP contribution in [-0.2, 0) is 9.84 Å². The number of hydrogen-bond donors (Lipinski definition) is 1. The lowest BCUT2D eigenvalue weighted by atomic mass is 10.2. The fourth-order valence-electron chi connectivity index (χ4n) is 2.18. The van der Waals surface area contributed by atoms with Gasteiger partial charge < -0.3 is 10.2 Å². The number of anilines is 1. The molecule has 2 heterocycles. The first-order valence-corrected chi connectivity index (χ1v) is 8.39. The Kier molecular flexibility index (Phi) is 4.56. The number of sulfone groups is 1. The first-order valence-electron chi connectivity index (χ1n) is 6.57. The van der Waals surface area contributed by atoms with Crippen LogP contribution in [0.3, 0.4) is 0 Å². The largest absolute Gasteiger partial charge is 0.366 e. The second-order valence-corrected chi connectivity index (χ2v) is 7.16. The van der Waals surface area contributed by atoms with E-state index >= 15 is 0 Å². The topological polar surface area (TPSA) is 92.3 Å². The zero-order valence-electron chi connectivity index (χ0n) is 11.8. The highest BCUT2D eigenvalue weighted by Crippen LogP contribution is 2.18. The van der Waals surface area contributed by atoms with E-state index in [1.54, 1.807) is 19.2 Å². The number of hydrogen-bond acceptors (Lipinski definition) is 6. The Morgan fingerprint density at radius 3 is 2.95 bits per heavy atom. The van der Waals surface area contributed by atoms with Gasteiger partial charge in [0.25, 0.3) is 5.91 Å². The average Bonchev–Trinajstić information content (AvgIpc) is 2.84. The van der Waals surface area contributed by atoms with Crippen LogP contribution in [0.15, 0.2) is 25.0 Å². The molecule has 1 amide bonds. The number of nitrogens with one attached hydrogen (secondary N) is 1. The van der Waals surface area contributed by atoms with E-state index in [1.807, 2.05) is 0 Å². The Morgan fingerprint density at radius 2 is 2.33 bits per heavy atom. The average molecular weight is 310 g/mol. The summed E-state index contributed by atoms with van der Waals surface area (Å²) in [7, 11) is -1.42. The van der Waals surface area contributed by atoms with Crippen LogP contribution in [0.5, 0.6) is 0 Å². The van der Waals surface area contributed by atoms with Crippen molar-refractivity contribution in [3.05, 3.63) is 30.7 Å². The van der Waals surface area contributed by atoms with E-state index in [0.29, 0.717) is 18.8 Å². The molecule has 1 aromatic rings. The molecule has 7 nitrogen and oxygen atoms in total. The SMILES string of the molecule is C=CCNc1cc(C(=O)N(C)C2CCS(=O)(=O)C2)ncn1. The highest BCUT2D eigenvalue weighted by Gasteiger charge is 2.33. The molecule has 1 saturated heterocycles. The highest BCUT2D eigenvalue weighted by molar-refractivity contribution is 7.91. The second kappa shape index (κ2) is 6.21. The molecule has 21 heavy (non-hydrogen) atoms. The lowest BCUT2D eigenvalue weighted by Crippen LogP contribution is -2.38. The molecule has 0 spiro atoms. The van der Waals surface area contributed by atoms with E-state index in [2.05, 4.69) is 21.9 Å². The quantitative estimate of drug-likeness (QED) is 0.788. The molecule has 0 saturated carbocycles. The van der Waals surface area contributed by atoms with Gasteiger partial charge in [-0.1, -0.05) is 6.08 Å². The molecule has 1 N–H and O–H groups in total. The summed E-state index contributed by atoms with van der Waals surface area (Å²) in [6.07, 6.45) is 3.45. The van der Waals surface area contributed by atoms with Crippen LogP contribution < -0.4 is 5.32 Å². The Labute approximate surface area is 124 Å². The predicted molar refractivity (Wildman–Crippen MR) is 79.9 cm³/mol. The lowest BCUT2D eigenvalue weighted by molar-refractivity contribution is 0.0741. The third kappa shape index (κ3) is 3.78. The summed E-state index contributed by atoms with van der Waals surface area (Å²) in [6, 6.07) is 1.26. The summed E-state index contributed by atoms with van der Waals surface area (Å²) in [5.74, 6) is 0.370. The van der Waals surface area contributed by atoms with E-state index in [-0.39, 0.29) is 29.1 Å². The van der Waals surface area contributed by atoms with Crippen molar-refractivity contribution in [3.63, 3.8) is 0 Å². The van der Waals surface area contributed by atoms with Crippen LogP contribution in [0.2, 0.25) is 0 Å². The van der Waals surface area contributed by atoms with Crippen molar-refractivity contribution in [1.82, 2.24) is 14.9 Å². The molecule has 1 fully saturated rings. The number of amides is 1. The molecule has 1 aromatic heterocycles. The minimum absolute atomic E-state index is 0.0158. The Hall–Kier alpha value is -1.96. The van der Waals surface area contributed by atoms with Gasteiger partial charge in [-0.05, 0) is 6.42 Å². The third-order valence-electron chi connectivity index (χ3n) is 3.39. The van der Waals surface area contributed by atoms with E-state index in [0.717, 1.165) is 0 Å². The molecule has 0 aromatic carbocycles. The molecule has 1 atom stereocenters. The van der Waals surface area contributed by atoms with Gasteiger partial charge in [0.2, 0.25) is 0 Å². The number of nitrogens with zero attached hydrogens (tertiary/aromatic N) is 3. The van der Waals surface area contributed by atoms with E-state index in [9.17, 15) is 13.2 Å². The van der Waals surface area contributed by atoms with Crippen molar-refractivity contribution in [2.45, 2.75) is 12.5 Å². The summed E-state index contributed by atoms with van der Waals surface area (Å²) >= 11 is 0. The van der Waals surface area contributed by atoms with Gasteiger partial charge in [0.1, 0.15) is 17.8 Å². The smallest absolute Gasteiger partial charge is 0.272 e. The predicted octanol–water partition coefficient (Wildman–Crippen LogP) is 0.334. The van der Waals surface area contributed by atoms with Gasteiger partial charge in [0, 0.05) is 25.7 Å². The van der Waals surface area contributed by atoms with Crippen molar-refractivity contribution in [2.75, 3.05) is 30.4 Å². The minimum atomic E-state index is -3.03. The monoisotopic (exact) mass is 310 g/mol. The van der Waals surface area contributed by atoms with Crippen LogP contribution in [0.25, 0.3) is 0 Å². The summed E-state index contributed by atoms with van der Waals surface area (Å²) in [6.45, 7) is 4.12. The number of aromatic nitrogens is 2. The first-order chi connectivity index (χ1) is 9.93. The third-order valence-corrected chi connectivity index (χ3v) is 5.14. The van der Waals surface area contributed by atoms with Gasteiger partial charge >= 0.3 is 0 Å². The molecule has 0 radical (unpaired) electrons. The molecule has 1 aliphatic heterocycles. The van der Waals surface area contributed by atoms with Crippen LogP contribution in [-0.4, -0.2) is 60.3 Å². The molecule has 1 unspecified atom stereocenters. The van der Waals surface area contributed by atoms with Crippen molar-refractivity contribution in [2.24, 2.45) is 0 Å². The van der Waals surface area contributed by atoms with Gasteiger partial charge in [-0.25, -0.2) is 18.4 Å². The number of carbonyl (C=O) groups excluding carboxylic acids is 1. The Bertz CT molecular complexity index is 645. The van der Waals surface area contributed by atoms with Crippen LogP contribution in [0.1, 0.15) is 16.9 Å². The molecule has 0 bridgehead atoms. The zero-order chi connectivity index (χ0) is 15.5. The molecular formula is C13H18N4O3S. The van der Waals surface area contributed by atoms with E-state index in [1.165, 1.54) is 11.2 Å². The maximum absolute atomic E-state index is 12.4. The number of rotatable bonds is 5. The van der Waals surface area contributed by atoms with Gasteiger partial charge in [-0.3, -0.25) is 4.79 Å². The maximum Gasteiger partial charge on any atom is 0.272 e. The second-order valence-electron chi connectivity index (χ2n) is 4.93. The summed E-state index contributed by atoms with van der Waals surface area (Å²) in [5.41, 5.74) is 0.239. The summed E-state index contributed by atoms with van der Waals surface area (Å²) in [4.78, 5) is 21.8. The Morgan fingerprint density at radius 1 is 1.57 bits per heavy atom. The maximum atomic E-state index is 12.4.